The highest BCUT2D eigenvalue weighted by atomic mass is 19.1. The van der Waals surface area contributed by atoms with Crippen molar-refractivity contribution in [2.24, 2.45) is 17.8 Å². The molecule has 1 aliphatic heterocycles. The largest absolute Gasteiger partial charge is 0.450 e. The number of ether oxygens (including phenoxy) is 1. The lowest BCUT2D eigenvalue weighted by molar-refractivity contribution is -0.138. The normalized spacial score (nSPS) is 22.2. The molecule has 48 heavy (non-hydrogen) atoms. The summed E-state index contributed by atoms with van der Waals surface area (Å²) in [6.07, 6.45) is 2.06. The predicted octanol–water partition coefficient (Wildman–Crippen LogP) is 2.48. The first kappa shape index (κ1) is 35.9. The first-order valence-electron chi connectivity index (χ1n) is 17.3. The van der Waals surface area contributed by atoms with Gasteiger partial charge in [-0.3, -0.25) is 19.7 Å². The summed E-state index contributed by atoms with van der Waals surface area (Å²) in [6.45, 7) is 7.18. The van der Waals surface area contributed by atoms with Crippen molar-refractivity contribution < 1.29 is 37.8 Å². The quantitative estimate of drug-likeness (QED) is 0.178. The summed E-state index contributed by atoms with van der Waals surface area (Å²) in [4.78, 5) is 56.3. The van der Waals surface area contributed by atoms with Gasteiger partial charge in [0, 0.05) is 32.1 Å². The molecule has 5 N–H and O–H groups in total. The number of carbonyl (C=O) groups is 4. The number of rotatable bonds is 15. The van der Waals surface area contributed by atoms with Gasteiger partial charge in [0.1, 0.15) is 29.8 Å². The number of carbonyl (C=O) groups excluding carboxylic acids is 4. The minimum atomic E-state index is -1.75. The van der Waals surface area contributed by atoms with Crippen LogP contribution >= 0.6 is 0 Å². The highest BCUT2D eigenvalue weighted by Crippen LogP contribution is 2.51. The van der Waals surface area contributed by atoms with Gasteiger partial charge in [-0.15, -0.1) is 0 Å². The maximum absolute atomic E-state index is 15.7. The fraction of sp³-hybridized carbons (Fsp3) is 0.706. The lowest BCUT2D eigenvalue weighted by Crippen LogP contribution is -2.58. The average molecular weight is 677 g/mol. The Labute approximate surface area is 280 Å². The van der Waals surface area contributed by atoms with Crippen LogP contribution in [0.1, 0.15) is 70.8 Å². The minimum absolute atomic E-state index is 0.0741. The molecule has 0 aromatic heterocycles. The second kappa shape index (κ2) is 15.0. The van der Waals surface area contributed by atoms with Crippen LogP contribution in [0.5, 0.6) is 0 Å². The van der Waals surface area contributed by atoms with Crippen molar-refractivity contribution in [3.63, 3.8) is 0 Å². The first-order chi connectivity index (χ1) is 22.8. The van der Waals surface area contributed by atoms with Gasteiger partial charge in [0.25, 0.3) is 0 Å². The monoisotopic (exact) mass is 676 g/mol. The molecule has 4 fully saturated rings. The number of nitrogens with one attached hydrogen (secondary N) is 4. The molecule has 14 heteroatoms. The van der Waals surface area contributed by atoms with Gasteiger partial charge in [-0.2, -0.15) is 0 Å². The molecule has 12 nitrogen and oxygen atoms in total. The fourth-order valence-corrected chi connectivity index (χ4v) is 6.60. The third kappa shape index (κ3) is 8.80. The van der Waals surface area contributed by atoms with Crippen LogP contribution in [0.3, 0.4) is 0 Å². The zero-order valence-corrected chi connectivity index (χ0v) is 28.3. The summed E-state index contributed by atoms with van der Waals surface area (Å²) in [5.74, 6) is -2.35. The van der Waals surface area contributed by atoms with E-state index in [0.29, 0.717) is 43.6 Å². The molecule has 0 spiro atoms. The van der Waals surface area contributed by atoms with Crippen LogP contribution in [-0.2, 0) is 19.1 Å². The van der Waals surface area contributed by atoms with Gasteiger partial charge in [-0.1, -0.05) is 13.0 Å². The van der Waals surface area contributed by atoms with E-state index < -0.39 is 59.7 Å². The van der Waals surface area contributed by atoms with Gasteiger partial charge in [0.2, 0.25) is 17.7 Å². The van der Waals surface area contributed by atoms with Crippen LogP contribution in [0.2, 0.25) is 0 Å². The molecular weight excluding hydrogens is 626 g/mol. The van der Waals surface area contributed by atoms with Crippen LogP contribution in [0.25, 0.3) is 0 Å². The number of halogens is 2. The number of aliphatic hydroxyl groups excluding tert-OH is 1. The third-order valence-corrected chi connectivity index (χ3v) is 10.2. The summed E-state index contributed by atoms with van der Waals surface area (Å²) >= 11 is 0. The number of alkyl carbamates (subject to hydrolysis) is 1. The zero-order valence-electron chi connectivity index (χ0n) is 28.3. The number of piperazine rings is 1. The molecule has 3 saturated carbocycles. The van der Waals surface area contributed by atoms with Gasteiger partial charge >= 0.3 is 6.09 Å². The molecule has 4 amide bonds. The first-order valence-corrected chi connectivity index (χ1v) is 17.3. The van der Waals surface area contributed by atoms with E-state index in [1.54, 1.807) is 24.8 Å². The van der Waals surface area contributed by atoms with Crippen molar-refractivity contribution in [2.75, 3.05) is 45.2 Å². The van der Waals surface area contributed by atoms with E-state index in [1.165, 1.54) is 19.1 Å². The van der Waals surface area contributed by atoms with Crippen molar-refractivity contribution in [3.05, 3.63) is 29.6 Å². The lowest BCUT2D eigenvalue weighted by atomic mass is 9.88. The molecule has 1 unspecified atom stereocenters. The highest BCUT2D eigenvalue weighted by molar-refractivity contribution is 5.95. The minimum Gasteiger partial charge on any atom is -0.450 e. The van der Waals surface area contributed by atoms with Gasteiger partial charge in [-0.25, -0.2) is 13.6 Å². The molecule has 1 heterocycles. The predicted molar refractivity (Wildman–Crippen MR) is 174 cm³/mol. The molecule has 5 rings (SSSR count). The van der Waals surface area contributed by atoms with Crippen LogP contribution in [0.15, 0.2) is 18.2 Å². The van der Waals surface area contributed by atoms with Crippen molar-refractivity contribution >= 4 is 29.5 Å². The number of amides is 4. The lowest BCUT2D eigenvalue weighted by Gasteiger charge is -2.36. The fourth-order valence-electron chi connectivity index (χ4n) is 6.60. The van der Waals surface area contributed by atoms with Crippen LogP contribution < -0.4 is 21.3 Å². The molecular formula is C34H50F2N6O6. The van der Waals surface area contributed by atoms with Crippen LogP contribution in [-0.4, -0.2) is 109 Å². The summed E-state index contributed by atoms with van der Waals surface area (Å²) in [5, 5.41) is 21.3. The molecule has 0 radical (unpaired) electrons. The summed E-state index contributed by atoms with van der Waals surface area (Å²) < 4.78 is 35.3. The molecule has 0 bridgehead atoms. The van der Waals surface area contributed by atoms with E-state index in [0.717, 1.165) is 25.7 Å². The van der Waals surface area contributed by atoms with E-state index in [4.69, 9.17) is 4.74 Å². The van der Waals surface area contributed by atoms with E-state index in [9.17, 15) is 28.7 Å². The molecule has 1 aromatic carbocycles. The topological polar surface area (TPSA) is 152 Å². The van der Waals surface area contributed by atoms with Gasteiger partial charge < -0.3 is 35.6 Å². The summed E-state index contributed by atoms with van der Waals surface area (Å²) in [5.41, 5.74) is -1.42. The van der Waals surface area contributed by atoms with Crippen LogP contribution in [0.4, 0.5) is 19.3 Å². The Morgan fingerprint density at radius 3 is 2.15 bits per heavy atom. The summed E-state index contributed by atoms with van der Waals surface area (Å²) in [6, 6.07) is 1.28. The maximum Gasteiger partial charge on any atom is 0.407 e. The Bertz CT molecular complexity index is 1340. The number of nitrogens with zero attached hydrogens (tertiary/aromatic N) is 2. The maximum atomic E-state index is 15.7. The van der Waals surface area contributed by atoms with E-state index >= 15 is 4.39 Å². The number of likely N-dealkylation sites (N-methyl/N-ethyl adjacent to an activating group) is 1. The van der Waals surface area contributed by atoms with Crippen LogP contribution in [0, 0.1) is 23.6 Å². The van der Waals surface area contributed by atoms with Crippen molar-refractivity contribution in [1.29, 1.82) is 0 Å². The second-order valence-corrected chi connectivity index (χ2v) is 14.1. The number of anilines is 1. The van der Waals surface area contributed by atoms with Crippen molar-refractivity contribution in [1.82, 2.24) is 25.8 Å². The Morgan fingerprint density at radius 2 is 1.60 bits per heavy atom. The summed E-state index contributed by atoms with van der Waals surface area (Å²) in [7, 11) is 1.96. The molecule has 266 valence electrons. The number of hydrogen-bond donors (Lipinski definition) is 5. The zero-order chi connectivity index (χ0) is 34.7. The van der Waals surface area contributed by atoms with Crippen molar-refractivity contribution in [2.45, 2.75) is 95.2 Å². The molecule has 5 atom stereocenters. The number of alkyl halides is 1. The van der Waals surface area contributed by atoms with Gasteiger partial charge in [0.15, 0.2) is 0 Å². The molecule has 1 aromatic rings. The van der Waals surface area contributed by atoms with E-state index in [1.807, 2.05) is 7.05 Å². The Hall–Kier alpha value is -3.36. The number of benzene rings is 1. The van der Waals surface area contributed by atoms with E-state index in [2.05, 4.69) is 26.2 Å². The van der Waals surface area contributed by atoms with E-state index in [-0.39, 0.29) is 37.0 Å². The Balaban J connectivity index is 1.32. The molecule has 3 aliphatic carbocycles. The Kier molecular flexibility index (Phi) is 11.3. The van der Waals surface area contributed by atoms with Crippen molar-refractivity contribution in [3.8, 4) is 0 Å². The number of aliphatic hydroxyl groups is 1. The average Bonchev–Trinajstić information content (AvgIpc) is 3.90. The Morgan fingerprint density at radius 1 is 0.979 bits per heavy atom. The highest BCUT2D eigenvalue weighted by Gasteiger charge is 2.54. The SMILES string of the molecule is CCOC(=O)N[C@@H](C)C(=O)N[C@@H](C(=O)N1CCN(C)CC1)[C@@H](C)c1ccc(NC(=O)[C@@H](NC(O)C2(F)CC2)C(C2CC2)C2CC2)c(F)c1. The molecule has 1 saturated heterocycles. The van der Waals surface area contributed by atoms with Gasteiger partial charge in [-0.05, 0) is 94.9 Å². The van der Waals surface area contributed by atoms with Gasteiger partial charge in [0.05, 0.1) is 18.3 Å². The standard InChI is InChI=1S/C34H50F2N6O6/c1-5-48-33(47)37-20(3)29(43)39-27(31(45)42-16-14-41(4)15-17-42)19(2)23-10-11-25(24(35)18-23)38-30(44)28(40-32(46)34(36)12-13-34)26(21-6-7-21)22-8-9-22/h10-11,18-22,26-28,32,40,46H,5-9,12-17H2,1-4H3,(H,37,47)(H,38,44)(H,39,43)/t19-,20-,27+,28-,32?/m0/s1. The third-order valence-electron chi connectivity index (χ3n) is 10.2. The second-order valence-electron chi connectivity index (χ2n) is 14.1. The number of hydrogen-bond acceptors (Lipinski definition) is 8. The molecule has 4 aliphatic rings. The smallest absolute Gasteiger partial charge is 0.407 e.